The van der Waals surface area contributed by atoms with Gasteiger partial charge in [0, 0.05) is 24.6 Å². The molecular weight excluding hydrogens is 358 g/mol. The molecule has 6 heteroatoms. The number of likely N-dealkylation sites (tertiary alicyclic amines) is 1. The lowest BCUT2D eigenvalue weighted by Crippen LogP contribution is -2.54. The first-order valence-corrected chi connectivity index (χ1v) is 12.6. The molecule has 1 saturated heterocycles. The molecule has 0 saturated carbocycles. The lowest BCUT2D eigenvalue weighted by Gasteiger charge is -2.44. The summed E-state index contributed by atoms with van der Waals surface area (Å²) in [5.41, 5.74) is 0.682. The van der Waals surface area contributed by atoms with Crippen LogP contribution in [0.3, 0.4) is 0 Å². The number of ketones is 1. The van der Waals surface area contributed by atoms with Crippen molar-refractivity contribution < 1.29 is 18.8 Å². The number of hydrogen-bond donors (Lipinski definition) is 0. The van der Waals surface area contributed by atoms with Crippen LogP contribution in [0.15, 0.2) is 30.3 Å². The smallest absolute Gasteiger partial charge is 0.409 e. The molecule has 150 valence electrons. The van der Waals surface area contributed by atoms with Crippen LogP contribution < -0.4 is 0 Å². The van der Waals surface area contributed by atoms with E-state index < -0.39 is 8.32 Å². The summed E-state index contributed by atoms with van der Waals surface area (Å²) in [5.74, 6) is 0.0540. The number of nitrogens with zero attached hydrogens (tertiary/aromatic N) is 1. The molecule has 1 aromatic rings. The van der Waals surface area contributed by atoms with Crippen molar-refractivity contribution in [2.75, 3.05) is 13.7 Å². The van der Waals surface area contributed by atoms with E-state index in [-0.39, 0.29) is 29.1 Å². The SMILES string of the molecule is COC(=O)N1C[C@@H](O[Si](C)(C)C(C)(C)C)CC[C@@H]1CC(=O)c1ccccc1. The second kappa shape index (κ2) is 8.57. The molecule has 0 spiro atoms. The zero-order valence-corrected chi connectivity index (χ0v) is 18.5. The number of carbonyl (C=O) groups is 2. The number of benzene rings is 1. The maximum atomic E-state index is 12.6. The first-order valence-electron chi connectivity index (χ1n) is 9.66. The van der Waals surface area contributed by atoms with Gasteiger partial charge in [-0.15, -0.1) is 0 Å². The van der Waals surface area contributed by atoms with Gasteiger partial charge in [-0.3, -0.25) is 4.79 Å². The van der Waals surface area contributed by atoms with E-state index in [2.05, 4.69) is 33.9 Å². The molecule has 1 amide bonds. The maximum absolute atomic E-state index is 12.6. The predicted octanol–water partition coefficient (Wildman–Crippen LogP) is 4.88. The highest BCUT2D eigenvalue weighted by Crippen LogP contribution is 2.38. The van der Waals surface area contributed by atoms with Crippen molar-refractivity contribution in [2.24, 2.45) is 0 Å². The van der Waals surface area contributed by atoms with Gasteiger partial charge >= 0.3 is 6.09 Å². The Morgan fingerprint density at radius 2 is 1.78 bits per heavy atom. The Kier molecular flexibility index (Phi) is 6.86. The molecule has 2 atom stereocenters. The van der Waals surface area contributed by atoms with Crippen molar-refractivity contribution in [1.29, 1.82) is 0 Å². The molecule has 5 nitrogen and oxygen atoms in total. The van der Waals surface area contributed by atoms with Crippen LogP contribution in [0.4, 0.5) is 4.79 Å². The van der Waals surface area contributed by atoms with E-state index in [0.717, 1.165) is 12.8 Å². The average Bonchev–Trinajstić information content (AvgIpc) is 2.61. The summed E-state index contributed by atoms with van der Waals surface area (Å²) in [6, 6.07) is 9.09. The molecule has 0 unspecified atom stereocenters. The van der Waals surface area contributed by atoms with E-state index in [1.807, 2.05) is 30.3 Å². The minimum atomic E-state index is -1.92. The minimum Gasteiger partial charge on any atom is -0.453 e. The molecular formula is C21H33NO4Si. The number of ether oxygens (including phenoxy) is 1. The van der Waals surface area contributed by atoms with E-state index in [4.69, 9.17) is 9.16 Å². The highest BCUT2D eigenvalue weighted by Gasteiger charge is 2.42. The summed E-state index contributed by atoms with van der Waals surface area (Å²) < 4.78 is 11.5. The molecule has 0 bridgehead atoms. The lowest BCUT2D eigenvalue weighted by atomic mass is 9.94. The third-order valence-corrected chi connectivity index (χ3v) is 10.4. The van der Waals surface area contributed by atoms with Crippen molar-refractivity contribution >= 4 is 20.2 Å². The summed E-state index contributed by atoms with van der Waals surface area (Å²) in [6.07, 6.45) is 1.52. The van der Waals surface area contributed by atoms with Crippen LogP contribution in [0.1, 0.15) is 50.4 Å². The Balaban J connectivity index is 2.08. The highest BCUT2D eigenvalue weighted by molar-refractivity contribution is 6.74. The first-order chi connectivity index (χ1) is 12.5. The van der Waals surface area contributed by atoms with Gasteiger partial charge in [0.1, 0.15) is 0 Å². The van der Waals surface area contributed by atoms with Gasteiger partial charge in [0.25, 0.3) is 0 Å². The number of rotatable bonds is 5. The highest BCUT2D eigenvalue weighted by atomic mass is 28.4. The van der Waals surface area contributed by atoms with Crippen LogP contribution >= 0.6 is 0 Å². The van der Waals surface area contributed by atoms with Crippen molar-refractivity contribution in [3.05, 3.63) is 35.9 Å². The van der Waals surface area contributed by atoms with Gasteiger partial charge in [0.2, 0.25) is 0 Å². The van der Waals surface area contributed by atoms with E-state index in [9.17, 15) is 9.59 Å². The fraction of sp³-hybridized carbons (Fsp3) is 0.619. The van der Waals surface area contributed by atoms with E-state index in [1.165, 1.54) is 7.11 Å². The largest absolute Gasteiger partial charge is 0.453 e. The van der Waals surface area contributed by atoms with Gasteiger partial charge in [-0.05, 0) is 31.0 Å². The van der Waals surface area contributed by atoms with Gasteiger partial charge in [-0.1, -0.05) is 51.1 Å². The van der Waals surface area contributed by atoms with Crippen molar-refractivity contribution in [3.8, 4) is 0 Å². The summed E-state index contributed by atoms with van der Waals surface area (Å²) >= 11 is 0. The van der Waals surface area contributed by atoms with Crippen LogP contribution in [0.25, 0.3) is 0 Å². The van der Waals surface area contributed by atoms with Gasteiger partial charge in [0.15, 0.2) is 14.1 Å². The monoisotopic (exact) mass is 391 g/mol. The summed E-state index contributed by atoms with van der Waals surface area (Å²) in [6.45, 7) is 11.6. The van der Waals surface area contributed by atoms with Crippen molar-refractivity contribution in [3.63, 3.8) is 0 Å². The second-order valence-electron chi connectivity index (χ2n) is 8.85. The Bertz CT molecular complexity index is 654. The summed E-state index contributed by atoms with van der Waals surface area (Å²) in [7, 11) is -0.534. The molecule has 1 aromatic carbocycles. The Morgan fingerprint density at radius 3 is 2.33 bits per heavy atom. The van der Waals surface area contributed by atoms with Crippen LogP contribution in [0, 0.1) is 0 Å². The number of methoxy groups -OCH3 is 1. The first kappa shape index (κ1) is 21.6. The summed E-state index contributed by atoms with van der Waals surface area (Å²) in [5, 5.41) is 0.114. The molecule has 0 aromatic heterocycles. The fourth-order valence-corrected chi connectivity index (χ4v) is 4.57. The minimum absolute atomic E-state index is 0.00642. The average molecular weight is 392 g/mol. The molecule has 0 N–H and O–H groups in total. The molecule has 1 fully saturated rings. The number of carbonyl (C=O) groups excluding carboxylic acids is 2. The standard InChI is InChI=1S/C21H33NO4Si/c1-21(2,3)27(5,6)26-18-13-12-17(22(15-18)20(24)25-4)14-19(23)16-10-8-7-9-11-16/h7-11,17-18H,12-15H2,1-6H3/t17-,18+/m1/s1. The molecule has 2 rings (SSSR count). The molecule has 27 heavy (non-hydrogen) atoms. The third kappa shape index (κ3) is 5.42. The van der Waals surface area contributed by atoms with E-state index in [1.54, 1.807) is 4.90 Å². The Morgan fingerprint density at radius 1 is 1.15 bits per heavy atom. The number of hydrogen-bond acceptors (Lipinski definition) is 4. The normalized spacial score (nSPS) is 21.0. The molecule has 1 aliphatic rings. The quantitative estimate of drug-likeness (QED) is 0.530. The van der Waals surface area contributed by atoms with Crippen LogP contribution in [0.2, 0.25) is 18.1 Å². The third-order valence-electron chi connectivity index (χ3n) is 5.86. The topological polar surface area (TPSA) is 55.8 Å². The van der Waals surface area contributed by atoms with Gasteiger partial charge < -0.3 is 14.1 Å². The van der Waals surface area contributed by atoms with Gasteiger partial charge in [0.05, 0.1) is 13.2 Å². The van der Waals surface area contributed by atoms with Gasteiger partial charge in [-0.25, -0.2) is 4.79 Å². The fourth-order valence-electron chi connectivity index (χ4n) is 3.19. The summed E-state index contributed by atoms with van der Waals surface area (Å²) in [4.78, 5) is 26.6. The van der Waals surface area contributed by atoms with E-state index in [0.29, 0.717) is 18.5 Å². The number of Topliss-reactive ketones (excluding diaryl/α,β-unsaturated/α-hetero) is 1. The zero-order chi connectivity index (χ0) is 20.2. The maximum Gasteiger partial charge on any atom is 0.409 e. The zero-order valence-electron chi connectivity index (χ0n) is 17.5. The number of piperidine rings is 1. The van der Waals surface area contributed by atoms with Crippen molar-refractivity contribution in [2.45, 2.75) is 70.3 Å². The Hall–Kier alpha value is -1.66. The predicted molar refractivity (Wildman–Crippen MR) is 110 cm³/mol. The lowest BCUT2D eigenvalue weighted by molar-refractivity contribution is 0.0326. The Labute approximate surface area is 164 Å². The second-order valence-corrected chi connectivity index (χ2v) is 13.6. The van der Waals surface area contributed by atoms with Crippen molar-refractivity contribution in [1.82, 2.24) is 4.90 Å². The molecule has 1 heterocycles. The number of amides is 1. The van der Waals surface area contributed by atoms with Crippen LogP contribution in [0.5, 0.6) is 0 Å². The van der Waals surface area contributed by atoms with Crippen LogP contribution in [-0.4, -0.2) is 50.9 Å². The van der Waals surface area contributed by atoms with Crippen LogP contribution in [-0.2, 0) is 9.16 Å². The molecule has 0 aliphatic carbocycles. The molecule has 0 radical (unpaired) electrons. The van der Waals surface area contributed by atoms with E-state index >= 15 is 0 Å². The van der Waals surface area contributed by atoms with Gasteiger partial charge in [-0.2, -0.15) is 0 Å². The molecule has 1 aliphatic heterocycles.